The number of aromatic nitrogens is 1. The number of amides is 1. The number of halogens is 2. The number of hydrogen-bond donors (Lipinski definition) is 2. The first-order chi connectivity index (χ1) is 6.06. The Morgan fingerprint density at radius 3 is 2.77 bits per heavy atom. The molecule has 0 unspecified atom stereocenters. The molecule has 4 nitrogen and oxygen atoms in total. The van der Waals surface area contributed by atoms with Crippen LogP contribution in [0, 0.1) is 0 Å². The van der Waals surface area contributed by atoms with E-state index in [0.29, 0.717) is 0 Å². The van der Waals surface area contributed by atoms with Crippen LogP contribution in [0.4, 0.5) is 0 Å². The summed E-state index contributed by atoms with van der Waals surface area (Å²) in [5, 5.41) is 11.5. The third-order valence-corrected chi connectivity index (χ3v) is 1.85. The number of rotatable bonds is 1. The summed E-state index contributed by atoms with van der Waals surface area (Å²) in [5.74, 6) is -0.839. The van der Waals surface area contributed by atoms with Crippen molar-refractivity contribution in [3.63, 3.8) is 0 Å². The van der Waals surface area contributed by atoms with Crippen LogP contribution in [-0.4, -0.2) is 23.0 Å². The smallest absolute Gasteiger partial charge is 0.255 e. The van der Waals surface area contributed by atoms with Crippen molar-refractivity contribution in [2.45, 2.75) is 0 Å². The molecule has 1 aromatic heterocycles. The standard InChI is InChI=1S/C7H6Cl2N2O2/c1-10-7(13)3-2-4(8)11-6(9)5(3)12/h2,12H,1H3,(H,10,13). The monoisotopic (exact) mass is 220 g/mol. The van der Waals surface area contributed by atoms with Crippen molar-refractivity contribution < 1.29 is 9.90 Å². The predicted molar refractivity (Wildman–Crippen MR) is 49.3 cm³/mol. The molecule has 1 aromatic rings. The first-order valence-corrected chi connectivity index (χ1v) is 4.09. The van der Waals surface area contributed by atoms with E-state index in [4.69, 9.17) is 23.2 Å². The predicted octanol–water partition coefficient (Wildman–Crippen LogP) is 1.45. The molecule has 0 fully saturated rings. The van der Waals surface area contributed by atoms with E-state index in [1.807, 2.05) is 0 Å². The van der Waals surface area contributed by atoms with Gasteiger partial charge >= 0.3 is 0 Å². The summed E-state index contributed by atoms with van der Waals surface area (Å²) in [6, 6.07) is 1.24. The number of hydrogen-bond acceptors (Lipinski definition) is 3. The summed E-state index contributed by atoms with van der Waals surface area (Å²) < 4.78 is 0. The number of aromatic hydroxyl groups is 1. The third-order valence-electron chi connectivity index (χ3n) is 1.39. The van der Waals surface area contributed by atoms with Gasteiger partial charge in [-0.25, -0.2) is 4.98 Å². The summed E-state index contributed by atoms with van der Waals surface area (Å²) in [6.07, 6.45) is 0. The molecule has 1 amide bonds. The summed E-state index contributed by atoms with van der Waals surface area (Å²) in [4.78, 5) is 14.7. The lowest BCUT2D eigenvalue weighted by atomic mass is 10.2. The number of pyridine rings is 1. The van der Waals surface area contributed by atoms with Gasteiger partial charge in [0.1, 0.15) is 5.15 Å². The molecule has 1 rings (SSSR count). The lowest BCUT2D eigenvalue weighted by Gasteiger charge is -2.04. The van der Waals surface area contributed by atoms with Gasteiger partial charge in [-0.3, -0.25) is 4.79 Å². The van der Waals surface area contributed by atoms with Gasteiger partial charge in [0, 0.05) is 7.05 Å². The molecular formula is C7H6Cl2N2O2. The zero-order valence-corrected chi connectivity index (χ0v) is 8.15. The summed E-state index contributed by atoms with van der Waals surface area (Å²) in [6.45, 7) is 0. The van der Waals surface area contributed by atoms with Gasteiger partial charge in [0.05, 0.1) is 5.56 Å². The molecule has 0 aromatic carbocycles. The Kier molecular flexibility index (Phi) is 2.95. The van der Waals surface area contributed by atoms with Gasteiger partial charge in [0.2, 0.25) is 0 Å². The molecule has 1 heterocycles. The Hall–Kier alpha value is -1.00. The first-order valence-electron chi connectivity index (χ1n) is 3.33. The van der Waals surface area contributed by atoms with E-state index in [2.05, 4.69) is 10.3 Å². The third kappa shape index (κ3) is 2.02. The number of carbonyl (C=O) groups is 1. The van der Waals surface area contributed by atoms with E-state index in [9.17, 15) is 9.90 Å². The lowest BCUT2D eigenvalue weighted by Crippen LogP contribution is -2.18. The minimum atomic E-state index is -0.469. The zero-order chi connectivity index (χ0) is 10.0. The van der Waals surface area contributed by atoms with E-state index < -0.39 is 5.91 Å². The van der Waals surface area contributed by atoms with Crippen molar-refractivity contribution in [3.05, 3.63) is 21.9 Å². The maximum Gasteiger partial charge on any atom is 0.255 e. The maximum atomic E-state index is 11.1. The summed E-state index contributed by atoms with van der Waals surface area (Å²) in [7, 11) is 1.43. The highest BCUT2D eigenvalue weighted by Gasteiger charge is 2.14. The fourth-order valence-electron chi connectivity index (χ4n) is 0.785. The van der Waals surface area contributed by atoms with Crippen LogP contribution in [0.25, 0.3) is 0 Å². The van der Waals surface area contributed by atoms with Gasteiger partial charge in [-0.15, -0.1) is 0 Å². The second kappa shape index (κ2) is 3.81. The average molecular weight is 221 g/mol. The van der Waals surface area contributed by atoms with Gasteiger partial charge in [0.25, 0.3) is 5.91 Å². The SMILES string of the molecule is CNC(=O)c1cc(Cl)nc(Cl)c1O. The van der Waals surface area contributed by atoms with Gasteiger partial charge in [-0.1, -0.05) is 23.2 Å². The molecule has 0 aliphatic carbocycles. The molecule has 0 aliphatic heterocycles. The minimum Gasteiger partial charge on any atom is -0.504 e. The molecule has 0 atom stereocenters. The fourth-order valence-corrected chi connectivity index (χ4v) is 1.22. The molecule has 0 saturated heterocycles. The Morgan fingerprint density at radius 1 is 1.62 bits per heavy atom. The highest BCUT2D eigenvalue weighted by atomic mass is 35.5. The molecule has 0 aliphatic rings. The van der Waals surface area contributed by atoms with Crippen molar-refractivity contribution >= 4 is 29.1 Å². The quantitative estimate of drug-likeness (QED) is 0.705. The van der Waals surface area contributed by atoms with E-state index in [1.54, 1.807) is 0 Å². The van der Waals surface area contributed by atoms with Crippen LogP contribution < -0.4 is 5.32 Å². The molecule has 6 heteroatoms. The highest BCUT2D eigenvalue weighted by molar-refractivity contribution is 6.34. The van der Waals surface area contributed by atoms with Crippen LogP contribution in [0.5, 0.6) is 5.75 Å². The second-order valence-corrected chi connectivity index (χ2v) is 2.96. The Morgan fingerprint density at radius 2 is 2.23 bits per heavy atom. The van der Waals surface area contributed by atoms with Crippen LogP contribution in [0.15, 0.2) is 6.07 Å². The van der Waals surface area contributed by atoms with Gasteiger partial charge in [-0.05, 0) is 6.07 Å². The van der Waals surface area contributed by atoms with Crippen molar-refractivity contribution in [1.29, 1.82) is 0 Å². The zero-order valence-electron chi connectivity index (χ0n) is 6.64. The summed E-state index contributed by atoms with van der Waals surface area (Å²) >= 11 is 11.0. The topological polar surface area (TPSA) is 62.2 Å². The van der Waals surface area contributed by atoms with E-state index in [1.165, 1.54) is 13.1 Å². The van der Waals surface area contributed by atoms with Crippen molar-refractivity contribution in [2.24, 2.45) is 0 Å². The molecule has 0 saturated carbocycles. The van der Waals surface area contributed by atoms with E-state index >= 15 is 0 Å². The number of nitrogens with one attached hydrogen (secondary N) is 1. The fraction of sp³-hybridized carbons (Fsp3) is 0.143. The van der Waals surface area contributed by atoms with Crippen LogP contribution >= 0.6 is 23.2 Å². The second-order valence-electron chi connectivity index (χ2n) is 2.21. The molecule has 70 valence electrons. The minimum absolute atomic E-state index is 0.00694. The Balaban J connectivity index is 3.28. The summed E-state index contributed by atoms with van der Waals surface area (Å²) in [5.41, 5.74) is 0.00694. The van der Waals surface area contributed by atoms with Gasteiger partial charge in [-0.2, -0.15) is 0 Å². The van der Waals surface area contributed by atoms with Crippen molar-refractivity contribution in [3.8, 4) is 5.75 Å². The van der Waals surface area contributed by atoms with Crippen molar-refractivity contribution in [1.82, 2.24) is 10.3 Å². The van der Waals surface area contributed by atoms with Crippen LogP contribution in [0.3, 0.4) is 0 Å². The van der Waals surface area contributed by atoms with Crippen LogP contribution in [0.2, 0.25) is 10.3 Å². The lowest BCUT2D eigenvalue weighted by molar-refractivity contribution is 0.0960. The van der Waals surface area contributed by atoms with Crippen LogP contribution in [0.1, 0.15) is 10.4 Å². The maximum absolute atomic E-state index is 11.1. The van der Waals surface area contributed by atoms with Gasteiger partial charge < -0.3 is 10.4 Å². The van der Waals surface area contributed by atoms with E-state index in [0.717, 1.165) is 0 Å². The molecule has 2 N–H and O–H groups in total. The largest absolute Gasteiger partial charge is 0.504 e. The first kappa shape index (κ1) is 10.1. The average Bonchev–Trinajstić information content (AvgIpc) is 2.10. The highest BCUT2D eigenvalue weighted by Crippen LogP contribution is 2.27. The van der Waals surface area contributed by atoms with E-state index in [-0.39, 0.29) is 21.6 Å². The molecule has 0 bridgehead atoms. The Bertz CT molecular complexity index is 355. The molecule has 0 radical (unpaired) electrons. The normalized spacial score (nSPS) is 9.77. The Labute approximate surface area is 84.5 Å². The van der Waals surface area contributed by atoms with Gasteiger partial charge in [0.15, 0.2) is 10.9 Å². The molecular weight excluding hydrogens is 215 g/mol. The van der Waals surface area contributed by atoms with Crippen LogP contribution in [-0.2, 0) is 0 Å². The number of carbonyl (C=O) groups excluding carboxylic acids is 1. The molecule has 13 heavy (non-hydrogen) atoms. The molecule has 0 spiro atoms. The van der Waals surface area contributed by atoms with Crippen molar-refractivity contribution in [2.75, 3.05) is 7.05 Å². The number of nitrogens with zero attached hydrogens (tertiary/aromatic N) is 1.